The highest BCUT2D eigenvalue weighted by atomic mass is 32.1. The van der Waals surface area contributed by atoms with Crippen LogP contribution in [0.3, 0.4) is 0 Å². The second kappa shape index (κ2) is 6.36. The number of rotatable bonds is 4. The van der Waals surface area contributed by atoms with Gasteiger partial charge in [-0.1, -0.05) is 40.0 Å². The Morgan fingerprint density at radius 1 is 1.32 bits per heavy atom. The highest BCUT2D eigenvalue weighted by Crippen LogP contribution is 2.28. The van der Waals surface area contributed by atoms with Gasteiger partial charge in [0.15, 0.2) is 0 Å². The van der Waals surface area contributed by atoms with Crippen LogP contribution >= 0.6 is 11.3 Å². The highest BCUT2D eigenvalue weighted by molar-refractivity contribution is 7.11. The first kappa shape index (κ1) is 15.0. The van der Waals surface area contributed by atoms with E-state index in [1.54, 1.807) is 0 Å². The standard InChI is InChI=1S/C16H28N2S/c1-12(13-8-6-5-7-9-13)17-10-14-11-18-15(19-14)16(2,3)4/h11-13,17H,5-10H2,1-4H3. The van der Waals surface area contributed by atoms with E-state index in [0.717, 1.165) is 12.5 Å². The number of thiazole rings is 1. The summed E-state index contributed by atoms with van der Waals surface area (Å²) in [5.41, 5.74) is 0.178. The molecule has 3 heteroatoms. The predicted molar refractivity (Wildman–Crippen MR) is 83.7 cm³/mol. The molecule has 1 saturated carbocycles. The quantitative estimate of drug-likeness (QED) is 0.878. The van der Waals surface area contributed by atoms with Crippen molar-refractivity contribution in [2.24, 2.45) is 5.92 Å². The molecular weight excluding hydrogens is 252 g/mol. The van der Waals surface area contributed by atoms with Crippen molar-refractivity contribution in [2.45, 2.75) is 77.8 Å². The zero-order valence-electron chi connectivity index (χ0n) is 12.8. The van der Waals surface area contributed by atoms with E-state index >= 15 is 0 Å². The summed E-state index contributed by atoms with van der Waals surface area (Å²) < 4.78 is 0. The Labute approximate surface area is 122 Å². The van der Waals surface area contributed by atoms with Crippen molar-refractivity contribution in [1.82, 2.24) is 10.3 Å². The van der Waals surface area contributed by atoms with E-state index in [-0.39, 0.29) is 5.41 Å². The molecule has 1 N–H and O–H groups in total. The zero-order chi connectivity index (χ0) is 13.9. The molecule has 0 radical (unpaired) electrons. The van der Waals surface area contributed by atoms with Gasteiger partial charge in [-0.15, -0.1) is 11.3 Å². The fraction of sp³-hybridized carbons (Fsp3) is 0.812. The lowest BCUT2D eigenvalue weighted by Crippen LogP contribution is -2.34. The first-order valence-corrected chi connectivity index (χ1v) is 8.47. The molecule has 1 aliphatic rings. The molecule has 0 spiro atoms. The van der Waals surface area contributed by atoms with Gasteiger partial charge in [0.2, 0.25) is 0 Å². The lowest BCUT2D eigenvalue weighted by molar-refractivity contribution is 0.281. The number of hydrogen-bond donors (Lipinski definition) is 1. The van der Waals surface area contributed by atoms with Gasteiger partial charge in [0, 0.05) is 29.1 Å². The van der Waals surface area contributed by atoms with Crippen molar-refractivity contribution in [3.8, 4) is 0 Å². The van der Waals surface area contributed by atoms with Gasteiger partial charge in [0.25, 0.3) is 0 Å². The van der Waals surface area contributed by atoms with Crippen molar-refractivity contribution in [3.63, 3.8) is 0 Å². The molecule has 0 aliphatic heterocycles. The van der Waals surface area contributed by atoms with Gasteiger partial charge >= 0.3 is 0 Å². The summed E-state index contributed by atoms with van der Waals surface area (Å²) in [6.07, 6.45) is 9.14. The molecule has 2 nitrogen and oxygen atoms in total. The maximum atomic E-state index is 4.56. The predicted octanol–water partition coefficient (Wildman–Crippen LogP) is 4.50. The van der Waals surface area contributed by atoms with Crippen LogP contribution in [-0.2, 0) is 12.0 Å². The molecule has 1 aliphatic carbocycles. The summed E-state index contributed by atoms with van der Waals surface area (Å²) in [6.45, 7) is 10.0. The Balaban J connectivity index is 1.83. The summed E-state index contributed by atoms with van der Waals surface area (Å²) in [5, 5.41) is 4.95. The van der Waals surface area contributed by atoms with Gasteiger partial charge in [-0.3, -0.25) is 0 Å². The Morgan fingerprint density at radius 3 is 2.58 bits per heavy atom. The van der Waals surface area contributed by atoms with E-state index in [4.69, 9.17) is 0 Å². The number of nitrogens with one attached hydrogen (secondary N) is 1. The fourth-order valence-electron chi connectivity index (χ4n) is 2.80. The lowest BCUT2D eigenvalue weighted by Gasteiger charge is -2.28. The average molecular weight is 280 g/mol. The van der Waals surface area contributed by atoms with E-state index in [1.807, 2.05) is 17.5 Å². The van der Waals surface area contributed by atoms with Gasteiger partial charge in [-0.2, -0.15) is 0 Å². The summed E-state index contributed by atoms with van der Waals surface area (Å²) in [6, 6.07) is 0.639. The summed E-state index contributed by atoms with van der Waals surface area (Å²) in [7, 11) is 0. The van der Waals surface area contributed by atoms with E-state index in [0.29, 0.717) is 6.04 Å². The minimum atomic E-state index is 0.178. The Kier molecular flexibility index (Phi) is 5.02. The monoisotopic (exact) mass is 280 g/mol. The summed E-state index contributed by atoms with van der Waals surface area (Å²) >= 11 is 1.85. The highest BCUT2D eigenvalue weighted by Gasteiger charge is 2.21. The second-order valence-corrected chi connectivity index (χ2v) is 8.06. The van der Waals surface area contributed by atoms with Crippen molar-refractivity contribution >= 4 is 11.3 Å². The summed E-state index contributed by atoms with van der Waals surface area (Å²) in [5.74, 6) is 0.878. The molecule has 0 saturated heterocycles. The molecule has 1 heterocycles. The Morgan fingerprint density at radius 2 is 2.00 bits per heavy atom. The van der Waals surface area contributed by atoms with Crippen LogP contribution in [0.2, 0.25) is 0 Å². The van der Waals surface area contributed by atoms with Crippen LogP contribution in [0.5, 0.6) is 0 Å². The number of hydrogen-bond acceptors (Lipinski definition) is 3. The molecule has 108 valence electrons. The largest absolute Gasteiger partial charge is 0.309 e. The van der Waals surface area contributed by atoms with Gasteiger partial charge in [-0.05, 0) is 25.7 Å². The molecule has 0 aromatic carbocycles. The van der Waals surface area contributed by atoms with E-state index in [1.165, 1.54) is 42.0 Å². The smallest absolute Gasteiger partial charge is 0.0981 e. The SMILES string of the molecule is CC(NCc1cnc(C(C)(C)C)s1)C1CCCCC1. The molecule has 19 heavy (non-hydrogen) atoms. The second-order valence-electron chi connectivity index (χ2n) is 6.95. The molecule has 1 aromatic rings. The van der Waals surface area contributed by atoms with Gasteiger partial charge in [0.05, 0.1) is 5.01 Å². The van der Waals surface area contributed by atoms with Crippen LogP contribution in [0.15, 0.2) is 6.20 Å². The molecule has 1 fully saturated rings. The normalized spacial score (nSPS) is 19.6. The maximum absolute atomic E-state index is 4.56. The van der Waals surface area contributed by atoms with Gasteiger partial charge < -0.3 is 5.32 Å². The van der Waals surface area contributed by atoms with Crippen molar-refractivity contribution in [1.29, 1.82) is 0 Å². The van der Waals surface area contributed by atoms with Crippen molar-refractivity contribution in [3.05, 3.63) is 16.1 Å². The molecule has 1 aromatic heterocycles. The third-order valence-corrected chi connectivity index (χ3v) is 5.57. The molecule has 1 atom stereocenters. The summed E-state index contributed by atoms with van der Waals surface area (Å²) in [4.78, 5) is 5.92. The van der Waals surface area contributed by atoms with E-state index in [9.17, 15) is 0 Å². The molecular formula is C16H28N2S. The van der Waals surface area contributed by atoms with Crippen LogP contribution in [0, 0.1) is 5.92 Å². The minimum absolute atomic E-state index is 0.178. The minimum Gasteiger partial charge on any atom is -0.309 e. The first-order chi connectivity index (χ1) is 8.97. The van der Waals surface area contributed by atoms with Gasteiger partial charge in [0.1, 0.15) is 0 Å². The van der Waals surface area contributed by atoms with Crippen LogP contribution in [0.25, 0.3) is 0 Å². The maximum Gasteiger partial charge on any atom is 0.0981 e. The van der Waals surface area contributed by atoms with Crippen molar-refractivity contribution in [2.75, 3.05) is 0 Å². The molecule has 0 amide bonds. The van der Waals surface area contributed by atoms with Crippen molar-refractivity contribution < 1.29 is 0 Å². The van der Waals surface area contributed by atoms with Crippen LogP contribution in [0.4, 0.5) is 0 Å². The Hall–Kier alpha value is -0.410. The van der Waals surface area contributed by atoms with Gasteiger partial charge in [-0.25, -0.2) is 4.98 Å². The van der Waals surface area contributed by atoms with E-state index < -0.39 is 0 Å². The first-order valence-electron chi connectivity index (χ1n) is 7.65. The van der Waals surface area contributed by atoms with Crippen LogP contribution < -0.4 is 5.32 Å². The lowest BCUT2D eigenvalue weighted by atomic mass is 9.84. The molecule has 1 unspecified atom stereocenters. The topological polar surface area (TPSA) is 24.9 Å². The van der Waals surface area contributed by atoms with Crippen LogP contribution in [-0.4, -0.2) is 11.0 Å². The van der Waals surface area contributed by atoms with E-state index in [2.05, 4.69) is 38.0 Å². The Bertz CT molecular complexity index is 386. The average Bonchev–Trinajstić information content (AvgIpc) is 2.86. The number of aromatic nitrogens is 1. The number of nitrogens with zero attached hydrogens (tertiary/aromatic N) is 1. The zero-order valence-corrected chi connectivity index (χ0v) is 13.6. The molecule has 0 bridgehead atoms. The third kappa shape index (κ3) is 4.28. The molecule has 2 rings (SSSR count). The third-order valence-electron chi connectivity index (χ3n) is 4.15. The van der Waals surface area contributed by atoms with Crippen LogP contribution in [0.1, 0.15) is 69.7 Å². The fourth-order valence-corrected chi connectivity index (χ4v) is 3.72.